The lowest BCUT2D eigenvalue weighted by atomic mass is 9.84. The summed E-state index contributed by atoms with van der Waals surface area (Å²) in [5.74, 6) is 1.52. The van der Waals surface area contributed by atoms with E-state index in [1.807, 2.05) is 0 Å². The van der Waals surface area contributed by atoms with Gasteiger partial charge in [-0.05, 0) is 137 Å². The minimum atomic E-state index is -0.0992. The third kappa shape index (κ3) is 8.93. The number of fused-ring (bicyclic) bond motifs is 10. The van der Waals surface area contributed by atoms with E-state index in [1.54, 1.807) is 22.3 Å². The summed E-state index contributed by atoms with van der Waals surface area (Å²) in [6.45, 7) is 5.15. The quantitative estimate of drug-likeness (QED) is 0.127. The highest BCUT2D eigenvalue weighted by atomic mass is 16.5. The predicted octanol–water partition coefficient (Wildman–Crippen LogP) is 7.30. The lowest BCUT2D eigenvalue weighted by Gasteiger charge is -2.31. The van der Waals surface area contributed by atoms with E-state index < -0.39 is 0 Å². The Morgan fingerprint density at radius 2 is 0.852 bits per heavy atom. The molecule has 2 saturated carbocycles. The smallest absolute Gasteiger partial charge is 0.315 e. The van der Waals surface area contributed by atoms with Gasteiger partial charge in [-0.15, -0.1) is 0 Å². The summed E-state index contributed by atoms with van der Waals surface area (Å²) in [6.07, 6.45) is 16.8. The van der Waals surface area contributed by atoms with Gasteiger partial charge in [-0.1, -0.05) is 48.5 Å². The maximum Gasteiger partial charge on any atom is 0.315 e. The molecule has 4 fully saturated rings. The van der Waals surface area contributed by atoms with E-state index in [2.05, 4.69) is 79.6 Å². The van der Waals surface area contributed by atoms with Crippen molar-refractivity contribution in [3.63, 3.8) is 0 Å². The van der Waals surface area contributed by atoms with E-state index in [0.29, 0.717) is 63.7 Å². The maximum absolute atomic E-state index is 12.5. The van der Waals surface area contributed by atoms with Crippen molar-refractivity contribution in [2.75, 3.05) is 52.6 Å². The van der Waals surface area contributed by atoms with E-state index in [0.717, 1.165) is 37.5 Å². The van der Waals surface area contributed by atoms with Crippen LogP contribution in [0.1, 0.15) is 136 Å². The molecule has 0 aromatic heterocycles. The molecule has 0 radical (unpaired) electrons. The molecule has 6 aliphatic rings. The zero-order chi connectivity index (χ0) is 36.7. The van der Waals surface area contributed by atoms with Crippen molar-refractivity contribution in [3.05, 3.63) is 70.8 Å². The van der Waals surface area contributed by atoms with Crippen LogP contribution in [0.15, 0.2) is 48.5 Å². The second-order valence-corrected chi connectivity index (χ2v) is 17.0. The van der Waals surface area contributed by atoms with Gasteiger partial charge in [-0.2, -0.15) is 0 Å². The van der Waals surface area contributed by atoms with E-state index in [4.69, 9.17) is 9.47 Å². The van der Waals surface area contributed by atoms with Crippen molar-refractivity contribution in [1.82, 2.24) is 31.1 Å². The molecule has 2 aliphatic carbocycles. The van der Waals surface area contributed by atoms with E-state index in [-0.39, 0.29) is 24.1 Å². The molecule has 4 atom stereocenters. The van der Waals surface area contributed by atoms with Crippen LogP contribution >= 0.6 is 0 Å². The minimum Gasteiger partial charge on any atom is -0.377 e. The molecule has 0 unspecified atom stereocenters. The van der Waals surface area contributed by atoms with Crippen LogP contribution in [-0.2, 0) is 9.47 Å². The van der Waals surface area contributed by atoms with Crippen LogP contribution in [0.3, 0.4) is 0 Å². The highest BCUT2D eigenvalue weighted by molar-refractivity contribution is 5.74. The summed E-state index contributed by atoms with van der Waals surface area (Å²) in [4.78, 5) is 30.4. The van der Waals surface area contributed by atoms with E-state index in [1.165, 1.54) is 77.3 Å². The van der Waals surface area contributed by atoms with Crippen molar-refractivity contribution in [2.45, 2.75) is 126 Å². The number of amides is 4. The molecule has 4 N–H and O–H groups in total. The first kappa shape index (κ1) is 37.7. The zero-order valence-electron chi connectivity index (χ0n) is 32.3. The fourth-order valence-corrected chi connectivity index (χ4v) is 11.0. The molecule has 4 heterocycles. The molecule has 4 aliphatic heterocycles. The molecule has 0 spiro atoms. The fourth-order valence-electron chi connectivity index (χ4n) is 11.0. The highest BCUT2D eigenvalue weighted by Crippen LogP contribution is 2.54. The molecule has 2 aromatic rings. The Balaban J connectivity index is 0.587. The monoisotopic (exact) mass is 740 g/mol. The Hall–Kier alpha value is -3.18. The molecular formula is C44H64N6O4. The summed E-state index contributed by atoms with van der Waals surface area (Å²) in [7, 11) is 0. The van der Waals surface area contributed by atoms with Crippen molar-refractivity contribution >= 4 is 12.1 Å². The molecule has 10 nitrogen and oxygen atoms in total. The number of ether oxygens (including phenoxy) is 2. The predicted molar refractivity (Wildman–Crippen MR) is 211 cm³/mol. The van der Waals surface area contributed by atoms with Gasteiger partial charge in [0.2, 0.25) is 0 Å². The summed E-state index contributed by atoms with van der Waals surface area (Å²) < 4.78 is 11.3. The van der Waals surface area contributed by atoms with Crippen molar-refractivity contribution in [2.24, 2.45) is 11.8 Å². The normalized spacial score (nSPS) is 29.9. The third-order valence-corrected chi connectivity index (χ3v) is 13.8. The fraction of sp³-hybridized carbons (Fsp3) is 0.682. The lowest BCUT2D eigenvalue weighted by molar-refractivity contribution is 0.0509. The topological polar surface area (TPSA) is 107 Å². The lowest BCUT2D eigenvalue weighted by Crippen LogP contribution is -2.44. The molecule has 10 heteroatoms. The number of urea groups is 2. The Morgan fingerprint density at radius 1 is 0.500 bits per heavy atom. The van der Waals surface area contributed by atoms with Crippen LogP contribution in [0.25, 0.3) is 0 Å². The van der Waals surface area contributed by atoms with Crippen molar-refractivity contribution < 1.29 is 19.1 Å². The molecule has 54 heavy (non-hydrogen) atoms. The van der Waals surface area contributed by atoms with Gasteiger partial charge in [0.25, 0.3) is 0 Å². The number of hydrogen-bond acceptors (Lipinski definition) is 6. The van der Waals surface area contributed by atoms with Gasteiger partial charge in [0.1, 0.15) is 0 Å². The largest absolute Gasteiger partial charge is 0.377 e. The number of nitrogens with one attached hydrogen (secondary N) is 4. The minimum absolute atomic E-state index is 0.0992. The number of carbonyl (C=O) groups excluding carboxylic acids is 2. The van der Waals surface area contributed by atoms with Gasteiger partial charge in [-0.25, -0.2) is 9.59 Å². The van der Waals surface area contributed by atoms with Gasteiger partial charge in [0.05, 0.1) is 26.4 Å². The van der Waals surface area contributed by atoms with Crippen LogP contribution < -0.4 is 21.3 Å². The Bertz CT molecular complexity index is 1360. The number of carbonyl (C=O) groups is 2. The second kappa shape index (κ2) is 18.2. The van der Waals surface area contributed by atoms with Crippen LogP contribution in [0.2, 0.25) is 0 Å². The molecular weight excluding hydrogens is 677 g/mol. The summed E-state index contributed by atoms with van der Waals surface area (Å²) >= 11 is 0. The molecule has 294 valence electrons. The summed E-state index contributed by atoms with van der Waals surface area (Å²) in [5, 5.41) is 12.2. The van der Waals surface area contributed by atoms with Crippen molar-refractivity contribution in [3.8, 4) is 0 Å². The molecule has 2 aromatic carbocycles. The number of nitrogens with zero attached hydrogens (tertiary/aromatic N) is 2. The summed E-state index contributed by atoms with van der Waals surface area (Å²) in [5.41, 5.74) is 6.28. The zero-order valence-corrected chi connectivity index (χ0v) is 32.3. The SMILES string of the molecule is O=C(NCCOCCOCCNC(=O)N[C@H]1CC[C@H](CCN2[C@@H]3CC[C@H]2c2ccccc23)CC1)N[C@H]1CC[C@H](CCN2[C@@H]3CC[C@H]2c2ccccc23)CC1. The number of hydrogen-bond donors (Lipinski definition) is 4. The molecule has 4 bridgehead atoms. The standard InChI is InChI=1S/C44H64N6O4/c51-43(47-33-13-9-31(10-14-33)21-25-49-39-17-18-40(49)36-6-2-1-5-35(36)39)45-23-27-53-29-30-54-28-24-46-44(52)48-34-15-11-32(12-16-34)22-26-50-41-19-20-42(50)38-8-4-3-7-37(38)41/h1-8,31-34,39-42H,9-30H2,(H2,45,47,51)(H2,46,48,52)/t31-,32-,33-,34-,39-,40+,41-,42+. The summed E-state index contributed by atoms with van der Waals surface area (Å²) in [6, 6.07) is 21.0. The average molecular weight is 741 g/mol. The van der Waals surface area contributed by atoms with Gasteiger partial charge >= 0.3 is 12.1 Å². The van der Waals surface area contributed by atoms with Crippen LogP contribution in [0, 0.1) is 11.8 Å². The van der Waals surface area contributed by atoms with Crippen LogP contribution in [0.4, 0.5) is 9.59 Å². The highest BCUT2D eigenvalue weighted by Gasteiger charge is 2.44. The van der Waals surface area contributed by atoms with Gasteiger partial charge in [0, 0.05) is 49.3 Å². The van der Waals surface area contributed by atoms with Crippen LogP contribution in [0.5, 0.6) is 0 Å². The van der Waals surface area contributed by atoms with Crippen LogP contribution in [-0.4, -0.2) is 86.6 Å². The maximum atomic E-state index is 12.5. The third-order valence-electron chi connectivity index (χ3n) is 13.8. The van der Waals surface area contributed by atoms with Crippen molar-refractivity contribution in [1.29, 1.82) is 0 Å². The van der Waals surface area contributed by atoms with E-state index in [9.17, 15) is 9.59 Å². The number of rotatable bonds is 17. The second-order valence-electron chi connectivity index (χ2n) is 17.0. The van der Waals surface area contributed by atoms with Gasteiger partial charge in [-0.3, -0.25) is 9.80 Å². The first-order valence-electron chi connectivity index (χ1n) is 21.5. The number of benzene rings is 2. The van der Waals surface area contributed by atoms with E-state index >= 15 is 0 Å². The first-order valence-corrected chi connectivity index (χ1v) is 21.5. The molecule has 8 rings (SSSR count). The Morgan fingerprint density at radius 3 is 1.20 bits per heavy atom. The molecule has 2 saturated heterocycles. The van der Waals surface area contributed by atoms with Gasteiger partial charge < -0.3 is 30.7 Å². The first-order chi connectivity index (χ1) is 26.6. The molecule has 4 amide bonds. The Labute approximate surface area is 322 Å². The average Bonchev–Trinajstić information content (AvgIpc) is 3.96. The Kier molecular flexibility index (Phi) is 12.7. The van der Waals surface area contributed by atoms with Gasteiger partial charge in [0.15, 0.2) is 0 Å².